The fourth-order valence-electron chi connectivity index (χ4n) is 1.81. The largest absolute Gasteiger partial charge is 0.350 e. The Bertz CT molecular complexity index is 754. The van der Waals surface area contributed by atoms with E-state index in [-0.39, 0.29) is 18.3 Å². The predicted molar refractivity (Wildman–Crippen MR) is 79.4 cm³/mol. The molecule has 2 aromatic heterocycles. The van der Waals surface area contributed by atoms with Gasteiger partial charge >= 0.3 is 0 Å². The van der Waals surface area contributed by atoms with Gasteiger partial charge in [-0.25, -0.2) is 4.39 Å². The minimum Gasteiger partial charge on any atom is -0.350 e. The Morgan fingerprint density at radius 3 is 2.82 bits per heavy atom. The lowest BCUT2D eigenvalue weighted by Crippen LogP contribution is -2.27. The number of carbonyl (C=O) groups is 1. The van der Waals surface area contributed by atoms with Gasteiger partial charge in [-0.2, -0.15) is 4.80 Å². The van der Waals surface area contributed by atoms with Crippen molar-refractivity contribution in [3.8, 4) is 11.4 Å². The van der Waals surface area contributed by atoms with Gasteiger partial charge in [0.1, 0.15) is 12.4 Å². The molecule has 22 heavy (non-hydrogen) atoms. The summed E-state index contributed by atoms with van der Waals surface area (Å²) < 4.78 is 12.9. The highest BCUT2D eigenvalue weighted by Gasteiger charge is 2.09. The number of halogens is 1. The Hall–Kier alpha value is -2.61. The van der Waals surface area contributed by atoms with Crippen molar-refractivity contribution < 1.29 is 9.18 Å². The number of hydrogen-bond acceptors (Lipinski definition) is 5. The van der Waals surface area contributed by atoms with E-state index in [1.54, 1.807) is 23.5 Å². The van der Waals surface area contributed by atoms with Crippen LogP contribution in [0, 0.1) is 5.82 Å². The highest BCUT2D eigenvalue weighted by molar-refractivity contribution is 7.09. The number of hydrogen-bond donors (Lipinski definition) is 1. The Labute approximate surface area is 129 Å². The Kier molecular flexibility index (Phi) is 4.19. The first kappa shape index (κ1) is 14.3. The topological polar surface area (TPSA) is 72.7 Å². The molecule has 3 aromatic rings. The van der Waals surface area contributed by atoms with Crippen molar-refractivity contribution in [3.05, 3.63) is 52.5 Å². The zero-order valence-corrected chi connectivity index (χ0v) is 12.3. The normalized spacial score (nSPS) is 10.6. The molecular formula is C14H12FN5OS. The molecule has 112 valence electrons. The maximum Gasteiger partial charge on any atom is 0.243 e. The van der Waals surface area contributed by atoms with Crippen molar-refractivity contribution in [2.45, 2.75) is 13.1 Å². The molecule has 0 saturated heterocycles. The van der Waals surface area contributed by atoms with Gasteiger partial charge in [0.2, 0.25) is 11.7 Å². The first-order valence-corrected chi connectivity index (χ1v) is 7.41. The van der Waals surface area contributed by atoms with Crippen LogP contribution in [0.3, 0.4) is 0 Å². The number of carbonyl (C=O) groups excluding carboxylic acids is 1. The zero-order valence-electron chi connectivity index (χ0n) is 11.4. The number of tetrazole rings is 1. The average molecular weight is 317 g/mol. The standard InChI is InChI=1S/C14H12FN5OS/c15-11-5-3-10(4-6-11)14-17-19-20(18-14)9-13(21)16-8-12-2-1-7-22-12/h1-7H,8-9H2,(H,16,21). The van der Waals surface area contributed by atoms with Crippen molar-refractivity contribution in [2.24, 2.45) is 0 Å². The number of thiophene rings is 1. The zero-order chi connectivity index (χ0) is 15.4. The maximum absolute atomic E-state index is 12.9. The van der Waals surface area contributed by atoms with Gasteiger partial charge in [-0.3, -0.25) is 4.79 Å². The highest BCUT2D eigenvalue weighted by atomic mass is 32.1. The van der Waals surface area contributed by atoms with Gasteiger partial charge in [0.05, 0.1) is 6.54 Å². The van der Waals surface area contributed by atoms with Crippen LogP contribution < -0.4 is 5.32 Å². The lowest BCUT2D eigenvalue weighted by molar-refractivity contribution is -0.122. The van der Waals surface area contributed by atoms with Crippen LogP contribution in [-0.4, -0.2) is 26.1 Å². The second kappa shape index (κ2) is 6.44. The first-order chi connectivity index (χ1) is 10.7. The fraction of sp³-hybridized carbons (Fsp3) is 0.143. The molecule has 2 heterocycles. The second-order valence-electron chi connectivity index (χ2n) is 4.51. The van der Waals surface area contributed by atoms with Crippen LogP contribution in [-0.2, 0) is 17.9 Å². The maximum atomic E-state index is 12.9. The third-order valence-electron chi connectivity index (χ3n) is 2.88. The number of nitrogens with one attached hydrogen (secondary N) is 1. The molecule has 8 heteroatoms. The summed E-state index contributed by atoms with van der Waals surface area (Å²) in [7, 11) is 0. The van der Waals surface area contributed by atoms with E-state index in [1.807, 2.05) is 17.5 Å². The Morgan fingerprint density at radius 1 is 1.27 bits per heavy atom. The first-order valence-electron chi connectivity index (χ1n) is 6.53. The molecule has 0 aliphatic carbocycles. The molecule has 0 unspecified atom stereocenters. The molecule has 0 saturated carbocycles. The van der Waals surface area contributed by atoms with Gasteiger partial charge < -0.3 is 5.32 Å². The van der Waals surface area contributed by atoms with E-state index in [4.69, 9.17) is 0 Å². The monoisotopic (exact) mass is 317 g/mol. The summed E-state index contributed by atoms with van der Waals surface area (Å²) in [5.74, 6) is -0.174. The van der Waals surface area contributed by atoms with Crippen molar-refractivity contribution in [3.63, 3.8) is 0 Å². The van der Waals surface area contributed by atoms with E-state index in [0.717, 1.165) is 4.88 Å². The number of nitrogens with zero attached hydrogens (tertiary/aromatic N) is 4. The van der Waals surface area contributed by atoms with Gasteiger partial charge in [-0.15, -0.1) is 21.5 Å². The molecule has 3 rings (SSSR count). The van der Waals surface area contributed by atoms with Crippen LogP contribution in [0.5, 0.6) is 0 Å². The number of aromatic nitrogens is 4. The quantitative estimate of drug-likeness (QED) is 0.779. The van der Waals surface area contributed by atoms with Gasteiger partial charge in [0.15, 0.2) is 0 Å². The second-order valence-corrected chi connectivity index (χ2v) is 5.54. The fourth-order valence-corrected chi connectivity index (χ4v) is 2.45. The molecule has 6 nitrogen and oxygen atoms in total. The van der Waals surface area contributed by atoms with Crippen LogP contribution in [0.1, 0.15) is 4.88 Å². The van der Waals surface area contributed by atoms with Gasteiger partial charge in [-0.1, -0.05) is 6.07 Å². The summed E-state index contributed by atoms with van der Waals surface area (Å²) in [6.07, 6.45) is 0. The molecule has 1 amide bonds. The van der Waals surface area contributed by atoms with Crippen molar-refractivity contribution >= 4 is 17.2 Å². The molecular weight excluding hydrogens is 305 g/mol. The van der Waals surface area contributed by atoms with Gasteiger partial charge in [0, 0.05) is 10.4 Å². The minimum atomic E-state index is -0.330. The highest BCUT2D eigenvalue weighted by Crippen LogP contribution is 2.13. The van der Waals surface area contributed by atoms with Crippen LogP contribution in [0.25, 0.3) is 11.4 Å². The van der Waals surface area contributed by atoms with E-state index in [0.29, 0.717) is 17.9 Å². The van der Waals surface area contributed by atoms with Gasteiger partial charge in [-0.05, 0) is 40.9 Å². The molecule has 1 N–H and O–H groups in total. The van der Waals surface area contributed by atoms with E-state index < -0.39 is 0 Å². The van der Waals surface area contributed by atoms with Gasteiger partial charge in [0.25, 0.3) is 0 Å². The van der Waals surface area contributed by atoms with Crippen LogP contribution in [0.4, 0.5) is 4.39 Å². The lowest BCUT2D eigenvalue weighted by Gasteiger charge is -2.02. The summed E-state index contributed by atoms with van der Waals surface area (Å²) in [4.78, 5) is 14.1. The van der Waals surface area contributed by atoms with E-state index in [9.17, 15) is 9.18 Å². The molecule has 0 fully saturated rings. The number of amides is 1. The smallest absolute Gasteiger partial charge is 0.243 e. The van der Waals surface area contributed by atoms with Crippen molar-refractivity contribution in [1.29, 1.82) is 0 Å². The minimum absolute atomic E-state index is 0.0143. The molecule has 0 atom stereocenters. The number of benzene rings is 1. The molecule has 0 bridgehead atoms. The lowest BCUT2D eigenvalue weighted by atomic mass is 10.2. The molecule has 0 spiro atoms. The molecule has 1 aromatic carbocycles. The molecule has 0 radical (unpaired) electrons. The summed E-state index contributed by atoms with van der Waals surface area (Å²) in [6, 6.07) is 9.65. The van der Waals surface area contributed by atoms with E-state index in [2.05, 4.69) is 20.7 Å². The van der Waals surface area contributed by atoms with Crippen molar-refractivity contribution in [2.75, 3.05) is 0 Å². The average Bonchev–Trinajstić information content (AvgIpc) is 3.17. The summed E-state index contributed by atoms with van der Waals surface area (Å²) in [5, 5.41) is 16.5. The molecule has 0 aliphatic heterocycles. The third-order valence-corrected chi connectivity index (χ3v) is 3.76. The van der Waals surface area contributed by atoms with Crippen LogP contribution in [0.2, 0.25) is 0 Å². The van der Waals surface area contributed by atoms with Crippen molar-refractivity contribution in [1.82, 2.24) is 25.5 Å². The molecule has 0 aliphatic rings. The van der Waals surface area contributed by atoms with E-state index >= 15 is 0 Å². The summed E-state index contributed by atoms with van der Waals surface area (Å²) >= 11 is 1.58. The number of rotatable bonds is 5. The van der Waals surface area contributed by atoms with E-state index in [1.165, 1.54) is 16.9 Å². The Morgan fingerprint density at radius 2 is 2.09 bits per heavy atom. The Balaban J connectivity index is 1.59. The summed E-state index contributed by atoms with van der Waals surface area (Å²) in [6.45, 7) is 0.468. The van der Waals surface area contributed by atoms with Crippen LogP contribution in [0.15, 0.2) is 41.8 Å². The van der Waals surface area contributed by atoms with Crippen LogP contribution >= 0.6 is 11.3 Å². The summed E-state index contributed by atoms with van der Waals surface area (Å²) in [5.41, 5.74) is 0.645. The predicted octanol–water partition coefficient (Wildman–Crippen LogP) is 1.86. The SMILES string of the molecule is O=C(Cn1nnc(-c2ccc(F)cc2)n1)NCc1cccs1. The third kappa shape index (κ3) is 3.53.